The minimum Gasteiger partial charge on any atom is -0.393 e. The van der Waals surface area contributed by atoms with E-state index in [1.807, 2.05) is 0 Å². The lowest BCUT2D eigenvalue weighted by molar-refractivity contribution is -0.142. The Kier molecular flexibility index (Phi) is 7.41. The molecule has 8 saturated carbocycles. The van der Waals surface area contributed by atoms with Gasteiger partial charge in [0.25, 0.3) is 0 Å². The van der Waals surface area contributed by atoms with Gasteiger partial charge in [0, 0.05) is 25.7 Å². The fourth-order valence-corrected chi connectivity index (χ4v) is 14.0. The first-order valence-corrected chi connectivity index (χ1v) is 18.3. The molecule has 2 N–H and O–H groups in total. The molecule has 0 spiro atoms. The summed E-state index contributed by atoms with van der Waals surface area (Å²) in [6, 6.07) is 0. The molecule has 4 heteroatoms. The number of carbonyl (C=O) groups excluding carboxylic acids is 2. The molecule has 0 aromatic rings. The molecule has 0 radical (unpaired) electrons. The second-order valence-corrected chi connectivity index (χ2v) is 18.1. The Hall–Kier alpha value is -0.740. The summed E-state index contributed by atoms with van der Waals surface area (Å²) >= 11 is 0. The van der Waals surface area contributed by atoms with E-state index in [1.165, 1.54) is 64.2 Å². The maximum absolute atomic E-state index is 11.9. The van der Waals surface area contributed by atoms with E-state index in [0.717, 1.165) is 86.9 Å². The Morgan fingerprint density at radius 3 is 1.26 bits per heavy atom. The molecule has 0 aromatic heterocycles. The predicted molar refractivity (Wildman–Crippen MR) is 165 cm³/mol. The van der Waals surface area contributed by atoms with Crippen LogP contribution in [0, 0.1) is 69.0 Å². The molecule has 14 atom stereocenters. The van der Waals surface area contributed by atoms with Crippen molar-refractivity contribution in [3.63, 3.8) is 0 Å². The van der Waals surface area contributed by atoms with Crippen LogP contribution >= 0.6 is 0 Å². The van der Waals surface area contributed by atoms with E-state index in [9.17, 15) is 19.8 Å². The van der Waals surface area contributed by atoms with Crippen LogP contribution in [-0.4, -0.2) is 34.0 Å². The highest BCUT2D eigenvalue weighted by Gasteiger charge is 2.61. The van der Waals surface area contributed by atoms with Crippen LogP contribution < -0.4 is 0 Å². The lowest BCUT2D eigenvalue weighted by Crippen LogP contribution is -2.54. The summed E-state index contributed by atoms with van der Waals surface area (Å²) in [5.74, 6) is 7.04. The summed E-state index contributed by atoms with van der Waals surface area (Å²) in [5, 5.41) is 20.9. The topological polar surface area (TPSA) is 74.6 Å². The van der Waals surface area contributed by atoms with Gasteiger partial charge in [-0.2, -0.15) is 0 Å². The van der Waals surface area contributed by atoms with E-state index in [4.69, 9.17) is 0 Å². The van der Waals surface area contributed by atoms with Gasteiger partial charge in [-0.15, -0.1) is 0 Å². The van der Waals surface area contributed by atoms with E-state index < -0.39 is 0 Å². The van der Waals surface area contributed by atoms with Crippen molar-refractivity contribution in [3.05, 3.63) is 0 Å². The largest absolute Gasteiger partial charge is 0.393 e. The fourth-order valence-electron chi connectivity index (χ4n) is 14.0. The molecule has 8 aliphatic carbocycles. The number of fused-ring (bicyclic) bond motifs is 10. The van der Waals surface area contributed by atoms with Crippen molar-refractivity contribution in [1.29, 1.82) is 0 Å². The Balaban J connectivity index is 0.000000137. The number of rotatable bonds is 0. The number of ketones is 2. The number of carbonyl (C=O) groups is 2. The molecule has 0 aromatic carbocycles. The van der Waals surface area contributed by atoms with Crippen molar-refractivity contribution >= 4 is 11.6 Å². The third-order valence-corrected chi connectivity index (χ3v) is 16.9. The standard InChI is InChI=1S/2C19H30O2/c2*1-18-9-7-13(20)11-12(18)3-4-14-15-5-6-17(21)19(15,2)10-8-16(14)18/h2*12,14-17,21H,3-11H2,1-2H3/t12-,14+,15+,16+,17+,18+,19+;12-,14-,15-,16-,17-,18-,19-/m10/s1. The third-order valence-electron chi connectivity index (χ3n) is 16.9. The van der Waals surface area contributed by atoms with E-state index in [2.05, 4.69) is 27.7 Å². The van der Waals surface area contributed by atoms with Crippen molar-refractivity contribution in [2.45, 2.75) is 155 Å². The minimum absolute atomic E-state index is 0.0677. The average molecular weight is 581 g/mol. The van der Waals surface area contributed by atoms with Crippen molar-refractivity contribution in [1.82, 2.24) is 0 Å². The highest BCUT2D eigenvalue weighted by Crippen LogP contribution is 2.67. The smallest absolute Gasteiger partial charge is 0.133 e. The van der Waals surface area contributed by atoms with Crippen LogP contribution in [0.4, 0.5) is 0 Å². The Labute approximate surface area is 255 Å². The van der Waals surface area contributed by atoms with E-state index in [-0.39, 0.29) is 23.0 Å². The van der Waals surface area contributed by atoms with Gasteiger partial charge in [0.15, 0.2) is 0 Å². The minimum atomic E-state index is -0.0677. The SMILES string of the molecule is C[C@]12CCC(=O)C[C@@H]1CC[C@@H]1[C@@H]2CC[C@]2(C)[C@@H](O)CC[C@@H]12.C[C@]12CCC(=O)C[C@H]1CC[C@@H]1[C@@H]2CC[C@]2(C)[C@@H](O)CC[C@@H]12. The molecule has 8 fully saturated rings. The van der Waals surface area contributed by atoms with Gasteiger partial charge in [0.2, 0.25) is 0 Å². The van der Waals surface area contributed by atoms with Crippen molar-refractivity contribution in [3.8, 4) is 0 Å². The van der Waals surface area contributed by atoms with Crippen molar-refractivity contribution in [2.75, 3.05) is 0 Å². The first-order valence-electron chi connectivity index (χ1n) is 18.3. The monoisotopic (exact) mass is 580 g/mol. The molecule has 8 rings (SSSR count). The number of aliphatic hydroxyl groups excluding tert-OH is 2. The highest BCUT2D eigenvalue weighted by molar-refractivity contribution is 5.80. The number of hydrogen-bond donors (Lipinski definition) is 2. The Bertz CT molecular complexity index is 1000. The van der Waals surface area contributed by atoms with Gasteiger partial charge in [-0.05, 0) is 159 Å². The first kappa shape index (κ1) is 29.9. The maximum atomic E-state index is 11.9. The van der Waals surface area contributed by atoms with Crippen LogP contribution in [0.15, 0.2) is 0 Å². The van der Waals surface area contributed by atoms with E-state index in [0.29, 0.717) is 34.2 Å². The zero-order valence-electron chi connectivity index (χ0n) is 27.2. The number of Topliss-reactive ketones (excluding diaryl/α,β-unsaturated/α-hetero) is 2. The Morgan fingerprint density at radius 1 is 0.476 bits per heavy atom. The lowest BCUT2D eigenvalue weighted by Gasteiger charge is -2.60. The number of hydrogen-bond acceptors (Lipinski definition) is 4. The fraction of sp³-hybridized carbons (Fsp3) is 0.947. The van der Waals surface area contributed by atoms with Crippen LogP contribution in [0.5, 0.6) is 0 Å². The second-order valence-electron chi connectivity index (χ2n) is 18.1. The molecule has 0 unspecified atom stereocenters. The van der Waals surface area contributed by atoms with Gasteiger partial charge in [-0.3, -0.25) is 9.59 Å². The molecule has 8 aliphatic rings. The summed E-state index contributed by atoms with van der Waals surface area (Å²) in [6.07, 6.45) is 20.1. The van der Waals surface area contributed by atoms with Crippen LogP contribution in [0.1, 0.15) is 143 Å². The molecule has 236 valence electrons. The number of aliphatic hydroxyl groups is 2. The summed E-state index contributed by atoms with van der Waals surface area (Å²) in [4.78, 5) is 23.7. The summed E-state index contributed by atoms with van der Waals surface area (Å²) in [6.45, 7) is 9.69. The average Bonchev–Trinajstić information content (AvgIpc) is 3.44. The molecule has 42 heavy (non-hydrogen) atoms. The summed E-state index contributed by atoms with van der Waals surface area (Å²) in [7, 11) is 0. The lowest BCUT2D eigenvalue weighted by atomic mass is 9.45. The summed E-state index contributed by atoms with van der Waals surface area (Å²) < 4.78 is 0. The molecular weight excluding hydrogens is 520 g/mol. The van der Waals surface area contributed by atoms with Crippen LogP contribution in [-0.2, 0) is 9.59 Å². The molecule has 0 aliphatic heterocycles. The van der Waals surface area contributed by atoms with Gasteiger partial charge < -0.3 is 10.2 Å². The van der Waals surface area contributed by atoms with Crippen molar-refractivity contribution < 1.29 is 19.8 Å². The normalized spacial score (nSPS) is 56.5. The molecular formula is C38H60O4. The van der Waals surface area contributed by atoms with Crippen LogP contribution in [0.2, 0.25) is 0 Å². The van der Waals surface area contributed by atoms with Crippen LogP contribution in [0.25, 0.3) is 0 Å². The van der Waals surface area contributed by atoms with Crippen molar-refractivity contribution in [2.24, 2.45) is 69.0 Å². The van der Waals surface area contributed by atoms with Gasteiger partial charge in [0.1, 0.15) is 11.6 Å². The second kappa shape index (κ2) is 10.4. The van der Waals surface area contributed by atoms with E-state index in [1.54, 1.807) is 0 Å². The van der Waals surface area contributed by atoms with Gasteiger partial charge >= 0.3 is 0 Å². The maximum Gasteiger partial charge on any atom is 0.133 e. The van der Waals surface area contributed by atoms with Gasteiger partial charge in [0.05, 0.1) is 12.2 Å². The Morgan fingerprint density at radius 2 is 0.857 bits per heavy atom. The van der Waals surface area contributed by atoms with Gasteiger partial charge in [-0.1, -0.05) is 27.7 Å². The molecule has 0 heterocycles. The molecule has 0 saturated heterocycles. The quantitative estimate of drug-likeness (QED) is 0.305. The summed E-state index contributed by atoms with van der Waals surface area (Å²) in [5.41, 5.74) is 1.20. The molecule has 0 amide bonds. The molecule has 4 nitrogen and oxygen atoms in total. The van der Waals surface area contributed by atoms with Crippen LogP contribution in [0.3, 0.4) is 0 Å². The first-order chi connectivity index (χ1) is 19.9. The predicted octanol–water partition coefficient (Wildman–Crippen LogP) is 7.92. The zero-order chi connectivity index (χ0) is 29.7. The molecule has 0 bridgehead atoms. The van der Waals surface area contributed by atoms with E-state index >= 15 is 0 Å². The third kappa shape index (κ3) is 4.33. The zero-order valence-corrected chi connectivity index (χ0v) is 27.2. The highest BCUT2D eigenvalue weighted by atomic mass is 16.3. The van der Waals surface area contributed by atoms with Gasteiger partial charge in [-0.25, -0.2) is 0 Å².